The number of carboxylic acid groups (broad SMARTS) is 1. The highest BCUT2D eigenvalue weighted by Crippen LogP contribution is 2.29. The van der Waals surface area contributed by atoms with Gasteiger partial charge < -0.3 is 14.9 Å². The highest BCUT2D eigenvalue weighted by molar-refractivity contribution is 5.73. The summed E-state index contributed by atoms with van der Waals surface area (Å²) < 4.78 is 5.19. The number of carboxylic acids is 1. The molecule has 17 heavy (non-hydrogen) atoms. The Morgan fingerprint density at radius 3 is 2.71 bits per heavy atom. The summed E-state index contributed by atoms with van der Waals surface area (Å²) in [5.41, 5.74) is -0.691. The molecule has 1 heterocycles. The van der Waals surface area contributed by atoms with Crippen LogP contribution >= 0.6 is 0 Å². The average Bonchev–Trinajstić information content (AvgIpc) is 2.29. The molecule has 1 saturated heterocycles. The van der Waals surface area contributed by atoms with Gasteiger partial charge in [0.15, 0.2) is 0 Å². The molecule has 0 amide bonds. The third-order valence-corrected chi connectivity index (χ3v) is 3.81. The zero-order valence-corrected chi connectivity index (χ0v) is 10.1. The Morgan fingerprint density at radius 2 is 2.06 bits per heavy atom. The van der Waals surface area contributed by atoms with Gasteiger partial charge >= 0.3 is 5.97 Å². The van der Waals surface area contributed by atoms with Crippen LogP contribution in [0.5, 0.6) is 0 Å². The van der Waals surface area contributed by atoms with E-state index < -0.39 is 17.6 Å². The number of hydrogen-bond donors (Lipinski definition) is 2. The van der Waals surface area contributed by atoms with Gasteiger partial charge in [0, 0.05) is 13.1 Å². The van der Waals surface area contributed by atoms with Crippen molar-refractivity contribution in [2.75, 3.05) is 26.3 Å². The van der Waals surface area contributed by atoms with Gasteiger partial charge in [-0.15, -0.1) is 0 Å². The number of morpholine rings is 1. The van der Waals surface area contributed by atoms with Crippen LogP contribution in [0, 0.1) is 0 Å². The topological polar surface area (TPSA) is 70.0 Å². The van der Waals surface area contributed by atoms with Crippen LogP contribution in [0.15, 0.2) is 0 Å². The van der Waals surface area contributed by atoms with E-state index in [0.717, 1.165) is 25.7 Å². The smallest absolute Gasteiger partial charge is 0.323 e. The molecule has 2 fully saturated rings. The number of hydrogen-bond acceptors (Lipinski definition) is 4. The molecule has 98 valence electrons. The largest absolute Gasteiger partial charge is 0.480 e. The van der Waals surface area contributed by atoms with E-state index in [2.05, 4.69) is 0 Å². The van der Waals surface area contributed by atoms with E-state index in [1.807, 2.05) is 4.90 Å². The maximum absolute atomic E-state index is 11.1. The van der Waals surface area contributed by atoms with Gasteiger partial charge in [-0.2, -0.15) is 0 Å². The van der Waals surface area contributed by atoms with Gasteiger partial charge in [0.05, 0.1) is 18.8 Å². The van der Waals surface area contributed by atoms with Crippen molar-refractivity contribution in [1.82, 2.24) is 4.90 Å². The molecule has 1 aliphatic heterocycles. The third-order valence-electron chi connectivity index (χ3n) is 3.81. The molecular formula is C12H21NO4. The van der Waals surface area contributed by atoms with Crippen LogP contribution in [-0.4, -0.2) is 59.0 Å². The summed E-state index contributed by atoms with van der Waals surface area (Å²) in [4.78, 5) is 13.0. The van der Waals surface area contributed by atoms with Gasteiger partial charge in [0.25, 0.3) is 0 Å². The van der Waals surface area contributed by atoms with Gasteiger partial charge in [-0.25, -0.2) is 0 Å². The minimum atomic E-state index is -0.857. The first-order valence-corrected chi connectivity index (χ1v) is 6.38. The Hall–Kier alpha value is -0.650. The summed E-state index contributed by atoms with van der Waals surface area (Å²) in [5, 5.41) is 19.6. The Balaban J connectivity index is 1.97. The number of nitrogens with zero attached hydrogens (tertiary/aromatic N) is 1. The fourth-order valence-corrected chi connectivity index (χ4v) is 2.80. The lowest BCUT2D eigenvalue weighted by Gasteiger charge is -2.40. The summed E-state index contributed by atoms with van der Waals surface area (Å²) in [5.74, 6) is -0.857. The molecule has 0 aromatic carbocycles. The van der Waals surface area contributed by atoms with Gasteiger partial charge in [-0.1, -0.05) is 19.3 Å². The van der Waals surface area contributed by atoms with Crippen LogP contribution in [0.2, 0.25) is 0 Å². The van der Waals surface area contributed by atoms with Crippen molar-refractivity contribution in [3.05, 3.63) is 0 Å². The number of ether oxygens (including phenoxy) is 1. The molecule has 5 heteroatoms. The minimum Gasteiger partial charge on any atom is -0.480 e. The molecule has 5 nitrogen and oxygen atoms in total. The van der Waals surface area contributed by atoms with Crippen LogP contribution in [0.4, 0.5) is 0 Å². The summed E-state index contributed by atoms with van der Waals surface area (Å²) in [6, 6.07) is -0.602. The van der Waals surface area contributed by atoms with Gasteiger partial charge in [-0.3, -0.25) is 9.69 Å². The van der Waals surface area contributed by atoms with E-state index in [4.69, 9.17) is 9.84 Å². The van der Waals surface area contributed by atoms with E-state index in [9.17, 15) is 9.90 Å². The van der Waals surface area contributed by atoms with Crippen LogP contribution in [-0.2, 0) is 9.53 Å². The minimum absolute atomic E-state index is 0.228. The van der Waals surface area contributed by atoms with E-state index in [0.29, 0.717) is 19.7 Å². The molecule has 2 N–H and O–H groups in total. The summed E-state index contributed by atoms with van der Waals surface area (Å²) in [6.45, 7) is 1.85. The van der Waals surface area contributed by atoms with Crippen molar-refractivity contribution in [3.8, 4) is 0 Å². The van der Waals surface area contributed by atoms with Crippen molar-refractivity contribution in [3.63, 3.8) is 0 Å². The molecule has 0 spiro atoms. The molecule has 0 radical (unpaired) electrons. The lowest BCUT2D eigenvalue weighted by molar-refractivity contribution is -0.153. The van der Waals surface area contributed by atoms with Crippen molar-refractivity contribution in [2.24, 2.45) is 0 Å². The molecular weight excluding hydrogens is 222 g/mol. The van der Waals surface area contributed by atoms with Crippen LogP contribution in [0.3, 0.4) is 0 Å². The number of rotatable bonds is 3. The van der Waals surface area contributed by atoms with Crippen LogP contribution in [0.1, 0.15) is 32.1 Å². The highest BCUT2D eigenvalue weighted by atomic mass is 16.5. The monoisotopic (exact) mass is 243 g/mol. The Morgan fingerprint density at radius 1 is 1.35 bits per heavy atom. The quantitative estimate of drug-likeness (QED) is 0.754. The van der Waals surface area contributed by atoms with E-state index in [1.165, 1.54) is 6.42 Å². The first kappa shape index (κ1) is 12.8. The van der Waals surface area contributed by atoms with E-state index in [-0.39, 0.29) is 6.61 Å². The van der Waals surface area contributed by atoms with Crippen LogP contribution < -0.4 is 0 Å². The molecule has 0 aromatic rings. The number of aliphatic hydroxyl groups is 1. The lowest BCUT2D eigenvalue weighted by Crippen LogP contribution is -2.55. The van der Waals surface area contributed by atoms with Gasteiger partial charge in [0.1, 0.15) is 6.04 Å². The zero-order valence-electron chi connectivity index (χ0n) is 10.1. The third kappa shape index (κ3) is 3.18. The second kappa shape index (κ2) is 5.33. The van der Waals surface area contributed by atoms with Crippen molar-refractivity contribution in [2.45, 2.75) is 43.7 Å². The Kier molecular flexibility index (Phi) is 4.01. The Labute approximate surface area is 101 Å². The fraction of sp³-hybridized carbons (Fsp3) is 0.917. The molecule has 2 rings (SSSR count). The molecule has 0 aromatic heterocycles. The SMILES string of the molecule is O=C(O)C1COCCN1CC1(O)CCCCC1. The predicted octanol–water partition coefficient (Wildman–Crippen LogP) is 0.467. The molecule has 1 unspecified atom stereocenters. The van der Waals surface area contributed by atoms with E-state index >= 15 is 0 Å². The normalized spacial score (nSPS) is 30.1. The predicted molar refractivity (Wildman–Crippen MR) is 61.9 cm³/mol. The van der Waals surface area contributed by atoms with E-state index in [1.54, 1.807) is 0 Å². The number of carbonyl (C=O) groups is 1. The standard InChI is InChI=1S/C12H21NO4/c14-11(15)10-8-17-7-6-13(10)9-12(16)4-2-1-3-5-12/h10,16H,1-9H2,(H,14,15). The average molecular weight is 243 g/mol. The second-order valence-electron chi connectivity index (χ2n) is 5.18. The number of aliphatic carboxylic acids is 1. The van der Waals surface area contributed by atoms with Crippen molar-refractivity contribution in [1.29, 1.82) is 0 Å². The van der Waals surface area contributed by atoms with Crippen molar-refractivity contribution >= 4 is 5.97 Å². The second-order valence-corrected chi connectivity index (χ2v) is 5.18. The van der Waals surface area contributed by atoms with Crippen LogP contribution in [0.25, 0.3) is 0 Å². The molecule has 1 atom stereocenters. The molecule has 2 aliphatic rings. The van der Waals surface area contributed by atoms with Gasteiger partial charge in [0.2, 0.25) is 0 Å². The first-order chi connectivity index (χ1) is 8.11. The molecule has 0 bridgehead atoms. The first-order valence-electron chi connectivity index (χ1n) is 6.38. The maximum Gasteiger partial charge on any atom is 0.323 e. The molecule has 1 aliphatic carbocycles. The summed E-state index contributed by atoms with van der Waals surface area (Å²) in [6.07, 6.45) is 4.83. The summed E-state index contributed by atoms with van der Waals surface area (Å²) >= 11 is 0. The zero-order chi connectivity index (χ0) is 12.3. The molecule has 1 saturated carbocycles. The highest BCUT2D eigenvalue weighted by Gasteiger charge is 2.37. The summed E-state index contributed by atoms with van der Waals surface area (Å²) in [7, 11) is 0. The fourth-order valence-electron chi connectivity index (χ4n) is 2.80. The van der Waals surface area contributed by atoms with Crippen molar-refractivity contribution < 1.29 is 19.7 Å². The lowest BCUT2D eigenvalue weighted by atomic mass is 9.84. The number of β-amino-alcohol motifs (C(OH)–C–C–N with tert-alkyl or cyclic N) is 1. The Bertz CT molecular complexity index is 276. The maximum atomic E-state index is 11.1. The van der Waals surface area contributed by atoms with Gasteiger partial charge in [-0.05, 0) is 12.8 Å².